The molecule has 0 spiro atoms. The summed E-state index contributed by atoms with van der Waals surface area (Å²) in [4.78, 5) is 6.63. The highest BCUT2D eigenvalue weighted by molar-refractivity contribution is 7.91. The second-order valence-corrected chi connectivity index (χ2v) is 7.89. The Morgan fingerprint density at radius 3 is 2.95 bits per heavy atom. The predicted molar refractivity (Wildman–Crippen MR) is 86.4 cm³/mol. The molecule has 1 aliphatic rings. The first-order valence-corrected chi connectivity index (χ1v) is 9.49. The summed E-state index contributed by atoms with van der Waals surface area (Å²) in [5, 5.41) is 3.48. The fourth-order valence-corrected chi connectivity index (χ4v) is 3.90. The summed E-state index contributed by atoms with van der Waals surface area (Å²) in [5.41, 5.74) is 1.14. The average Bonchev–Trinajstić information content (AvgIpc) is 2.65. The lowest BCUT2D eigenvalue weighted by Crippen LogP contribution is -2.30. The zero-order valence-electron chi connectivity index (χ0n) is 12.9. The van der Waals surface area contributed by atoms with E-state index in [4.69, 9.17) is 0 Å². The molecule has 2 heterocycles. The molecule has 1 aliphatic heterocycles. The van der Waals surface area contributed by atoms with E-state index in [2.05, 4.69) is 35.1 Å². The van der Waals surface area contributed by atoms with E-state index in [-0.39, 0.29) is 17.5 Å². The monoisotopic (exact) mass is 311 g/mol. The third-order valence-electron chi connectivity index (χ3n) is 3.84. The zero-order valence-corrected chi connectivity index (χ0v) is 13.7. The van der Waals surface area contributed by atoms with Crippen LogP contribution in [0.2, 0.25) is 0 Å². The molecule has 1 unspecified atom stereocenters. The van der Waals surface area contributed by atoms with Crippen LogP contribution in [-0.4, -0.2) is 44.5 Å². The maximum Gasteiger partial charge on any atom is 0.152 e. The van der Waals surface area contributed by atoms with Gasteiger partial charge in [-0.25, -0.2) is 13.4 Å². The topological polar surface area (TPSA) is 62.3 Å². The summed E-state index contributed by atoms with van der Waals surface area (Å²) >= 11 is 0. The van der Waals surface area contributed by atoms with Crippen LogP contribution in [0.4, 0.5) is 5.82 Å². The first-order chi connectivity index (χ1) is 10.0. The molecular weight excluding hydrogens is 286 g/mol. The Balaban J connectivity index is 2.19. The summed E-state index contributed by atoms with van der Waals surface area (Å²) < 4.78 is 23.5. The van der Waals surface area contributed by atoms with E-state index in [1.807, 2.05) is 6.07 Å². The van der Waals surface area contributed by atoms with Gasteiger partial charge in [-0.05, 0) is 32.4 Å². The fourth-order valence-electron chi connectivity index (χ4n) is 2.63. The van der Waals surface area contributed by atoms with E-state index in [0.29, 0.717) is 13.0 Å². The number of hydrogen-bond acceptors (Lipinski definition) is 5. The molecule has 21 heavy (non-hydrogen) atoms. The number of hydrogen-bond donors (Lipinski definition) is 1. The molecule has 1 N–H and O–H groups in total. The van der Waals surface area contributed by atoms with E-state index < -0.39 is 9.84 Å². The molecule has 1 aromatic heterocycles. The van der Waals surface area contributed by atoms with Gasteiger partial charge < -0.3 is 10.2 Å². The molecule has 1 fully saturated rings. The predicted octanol–water partition coefficient (Wildman–Crippen LogP) is 1.77. The van der Waals surface area contributed by atoms with Gasteiger partial charge in [-0.2, -0.15) is 0 Å². The Morgan fingerprint density at radius 1 is 1.38 bits per heavy atom. The van der Waals surface area contributed by atoms with E-state index in [1.165, 1.54) is 0 Å². The van der Waals surface area contributed by atoms with E-state index >= 15 is 0 Å². The van der Waals surface area contributed by atoms with Gasteiger partial charge >= 0.3 is 0 Å². The fraction of sp³-hybridized carbons (Fsp3) is 0.667. The third-order valence-corrected chi connectivity index (χ3v) is 5.55. The van der Waals surface area contributed by atoms with Crippen LogP contribution < -0.4 is 10.2 Å². The summed E-state index contributed by atoms with van der Waals surface area (Å²) in [6.07, 6.45) is 3.54. The van der Waals surface area contributed by atoms with Crippen LogP contribution in [0.15, 0.2) is 18.3 Å². The van der Waals surface area contributed by atoms with Crippen LogP contribution >= 0.6 is 0 Å². The van der Waals surface area contributed by atoms with Crippen LogP contribution in [0.1, 0.15) is 38.3 Å². The lowest BCUT2D eigenvalue weighted by Gasteiger charge is -2.26. The Hall–Kier alpha value is -1.14. The number of nitrogens with one attached hydrogen (secondary N) is 1. The summed E-state index contributed by atoms with van der Waals surface area (Å²) in [5.74, 6) is 1.43. The van der Waals surface area contributed by atoms with Crippen molar-refractivity contribution in [2.75, 3.05) is 36.0 Å². The van der Waals surface area contributed by atoms with Crippen molar-refractivity contribution in [2.45, 2.75) is 32.7 Å². The SMILES string of the molecule is CCCNC(C)c1cccnc1N1CCCS(=O)(=O)CC1. The number of sulfone groups is 1. The molecule has 0 bridgehead atoms. The minimum absolute atomic E-state index is 0.216. The first kappa shape index (κ1) is 16.2. The van der Waals surface area contributed by atoms with Crippen molar-refractivity contribution in [3.8, 4) is 0 Å². The molecule has 1 saturated heterocycles. The van der Waals surface area contributed by atoms with Crippen molar-refractivity contribution in [1.82, 2.24) is 10.3 Å². The molecule has 0 radical (unpaired) electrons. The van der Waals surface area contributed by atoms with Gasteiger partial charge in [-0.1, -0.05) is 13.0 Å². The van der Waals surface area contributed by atoms with E-state index in [9.17, 15) is 8.42 Å². The van der Waals surface area contributed by atoms with Gasteiger partial charge in [-0.3, -0.25) is 0 Å². The molecule has 0 amide bonds. The largest absolute Gasteiger partial charge is 0.355 e. The summed E-state index contributed by atoms with van der Waals surface area (Å²) in [6, 6.07) is 4.24. The van der Waals surface area contributed by atoms with Gasteiger partial charge in [0.1, 0.15) is 5.82 Å². The second-order valence-electron chi connectivity index (χ2n) is 5.58. The molecule has 5 nitrogen and oxygen atoms in total. The first-order valence-electron chi connectivity index (χ1n) is 7.67. The van der Waals surface area contributed by atoms with Gasteiger partial charge in [-0.15, -0.1) is 0 Å². The average molecular weight is 311 g/mol. The van der Waals surface area contributed by atoms with Gasteiger partial charge in [0.15, 0.2) is 9.84 Å². The summed E-state index contributed by atoms with van der Waals surface area (Å²) in [6.45, 7) is 6.52. The van der Waals surface area contributed by atoms with Crippen molar-refractivity contribution in [3.63, 3.8) is 0 Å². The smallest absolute Gasteiger partial charge is 0.152 e. The molecular formula is C15H25N3O2S. The number of nitrogens with zero attached hydrogens (tertiary/aromatic N) is 2. The molecule has 1 aromatic rings. The lowest BCUT2D eigenvalue weighted by molar-refractivity contribution is 0.567. The molecule has 0 aliphatic carbocycles. The highest BCUT2D eigenvalue weighted by Crippen LogP contribution is 2.25. The minimum atomic E-state index is -2.89. The maximum absolute atomic E-state index is 11.7. The highest BCUT2D eigenvalue weighted by Gasteiger charge is 2.22. The number of pyridine rings is 1. The van der Waals surface area contributed by atoms with Crippen molar-refractivity contribution in [2.24, 2.45) is 0 Å². The van der Waals surface area contributed by atoms with Crippen LogP contribution in [-0.2, 0) is 9.84 Å². The molecule has 1 atom stereocenters. The summed E-state index contributed by atoms with van der Waals surface area (Å²) in [7, 11) is -2.89. The van der Waals surface area contributed by atoms with Crippen LogP contribution in [0, 0.1) is 0 Å². The van der Waals surface area contributed by atoms with Crippen molar-refractivity contribution >= 4 is 15.7 Å². The second kappa shape index (κ2) is 7.22. The quantitative estimate of drug-likeness (QED) is 0.898. The minimum Gasteiger partial charge on any atom is -0.355 e. The maximum atomic E-state index is 11.7. The van der Waals surface area contributed by atoms with Crippen molar-refractivity contribution in [1.29, 1.82) is 0 Å². The Morgan fingerprint density at radius 2 is 2.19 bits per heavy atom. The van der Waals surface area contributed by atoms with Gasteiger partial charge in [0.2, 0.25) is 0 Å². The normalized spacial score (nSPS) is 20.0. The van der Waals surface area contributed by atoms with Crippen LogP contribution in [0.5, 0.6) is 0 Å². The Kier molecular flexibility index (Phi) is 5.58. The standard InChI is InChI=1S/C15H25N3O2S/c1-3-7-16-13(2)14-6-4-8-17-15(14)18-9-5-11-21(19,20)12-10-18/h4,6,8,13,16H,3,5,7,9-12H2,1-2H3. The molecule has 6 heteroatoms. The molecule has 0 aromatic carbocycles. The number of aromatic nitrogens is 1. The molecule has 0 saturated carbocycles. The third kappa shape index (κ3) is 4.41. The van der Waals surface area contributed by atoms with Crippen molar-refractivity contribution < 1.29 is 8.42 Å². The lowest BCUT2D eigenvalue weighted by atomic mass is 10.1. The number of anilines is 1. The van der Waals surface area contributed by atoms with Crippen LogP contribution in [0.25, 0.3) is 0 Å². The van der Waals surface area contributed by atoms with E-state index in [0.717, 1.165) is 30.9 Å². The molecule has 2 rings (SSSR count). The van der Waals surface area contributed by atoms with Crippen molar-refractivity contribution in [3.05, 3.63) is 23.9 Å². The van der Waals surface area contributed by atoms with Crippen LogP contribution in [0.3, 0.4) is 0 Å². The van der Waals surface area contributed by atoms with Gasteiger partial charge in [0, 0.05) is 30.9 Å². The molecule has 118 valence electrons. The van der Waals surface area contributed by atoms with Gasteiger partial charge in [0.05, 0.1) is 11.5 Å². The van der Waals surface area contributed by atoms with E-state index in [1.54, 1.807) is 6.20 Å². The van der Waals surface area contributed by atoms with Gasteiger partial charge in [0.25, 0.3) is 0 Å². The highest BCUT2D eigenvalue weighted by atomic mass is 32.2. The number of rotatable bonds is 5. The Bertz CT molecular complexity index is 560. The zero-order chi connectivity index (χ0) is 15.3. The Labute approximate surface area is 127 Å².